The van der Waals surface area contributed by atoms with Gasteiger partial charge in [-0.25, -0.2) is 0 Å². The van der Waals surface area contributed by atoms with E-state index in [0.29, 0.717) is 0 Å². The molecule has 1 saturated carbocycles. The van der Waals surface area contributed by atoms with Gasteiger partial charge in [-0.1, -0.05) is 37.6 Å². The summed E-state index contributed by atoms with van der Waals surface area (Å²) in [5.74, 6) is 1.58. The quantitative estimate of drug-likeness (QED) is 0.680. The molecule has 0 N–H and O–H groups in total. The fraction of sp³-hybridized carbons (Fsp3) is 0.462. The lowest BCUT2D eigenvalue weighted by Gasteiger charge is -2.26. The number of halogens is 1. The maximum atomic E-state index is 12.5. The summed E-state index contributed by atoms with van der Waals surface area (Å²) in [4.78, 5) is 0. The van der Waals surface area contributed by atoms with Crippen molar-refractivity contribution >= 4 is 0 Å². The van der Waals surface area contributed by atoms with Gasteiger partial charge in [0, 0.05) is 5.92 Å². The SMILES string of the molecule is C[C](CF)c1cccc(C2CCC2)c1. The highest BCUT2D eigenvalue weighted by Crippen LogP contribution is 2.37. The van der Waals surface area contributed by atoms with Gasteiger partial charge in [0.25, 0.3) is 0 Å². The zero-order chi connectivity index (χ0) is 9.97. The molecular formula is C13H16F. The van der Waals surface area contributed by atoms with Crippen LogP contribution in [0.25, 0.3) is 0 Å². The number of alkyl halides is 1. The highest BCUT2D eigenvalue weighted by atomic mass is 19.1. The first-order valence-corrected chi connectivity index (χ1v) is 5.30. The topological polar surface area (TPSA) is 0 Å². The third kappa shape index (κ3) is 1.82. The van der Waals surface area contributed by atoms with Gasteiger partial charge in [0.2, 0.25) is 0 Å². The molecule has 0 amide bonds. The van der Waals surface area contributed by atoms with E-state index in [4.69, 9.17) is 0 Å². The molecular weight excluding hydrogens is 175 g/mol. The maximum absolute atomic E-state index is 12.5. The minimum atomic E-state index is -0.339. The summed E-state index contributed by atoms with van der Waals surface area (Å²) < 4.78 is 12.5. The lowest BCUT2D eigenvalue weighted by atomic mass is 9.79. The largest absolute Gasteiger partial charge is 0.250 e. The predicted molar refractivity (Wildman–Crippen MR) is 57.0 cm³/mol. The van der Waals surface area contributed by atoms with Crippen LogP contribution in [0.15, 0.2) is 24.3 Å². The molecule has 0 bridgehead atoms. The molecule has 1 aliphatic rings. The number of hydrogen-bond acceptors (Lipinski definition) is 0. The van der Waals surface area contributed by atoms with Gasteiger partial charge >= 0.3 is 0 Å². The van der Waals surface area contributed by atoms with Crippen molar-refractivity contribution in [3.63, 3.8) is 0 Å². The van der Waals surface area contributed by atoms with Crippen LogP contribution < -0.4 is 0 Å². The first-order valence-electron chi connectivity index (χ1n) is 5.30. The summed E-state index contributed by atoms with van der Waals surface area (Å²) in [6.07, 6.45) is 3.96. The Balaban J connectivity index is 2.17. The van der Waals surface area contributed by atoms with Gasteiger partial charge in [0.05, 0.1) is 6.67 Å². The molecule has 75 valence electrons. The second kappa shape index (κ2) is 4.12. The summed E-state index contributed by atoms with van der Waals surface area (Å²) in [7, 11) is 0. The fourth-order valence-corrected chi connectivity index (χ4v) is 1.88. The van der Waals surface area contributed by atoms with Gasteiger partial charge in [-0.15, -0.1) is 0 Å². The molecule has 0 saturated heterocycles. The second-order valence-corrected chi connectivity index (χ2v) is 4.17. The summed E-state index contributed by atoms with van der Waals surface area (Å²) >= 11 is 0. The standard InChI is InChI=1S/C13H16F/c1-10(9-14)12-6-3-7-13(8-12)11-4-2-5-11/h3,6-8,11H,2,4-5,9H2,1H3. The minimum Gasteiger partial charge on any atom is -0.250 e. The zero-order valence-electron chi connectivity index (χ0n) is 8.59. The minimum absolute atomic E-state index is 0.339. The Morgan fingerprint density at radius 1 is 1.43 bits per heavy atom. The summed E-state index contributed by atoms with van der Waals surface area (Å²) in [6.45, 7) is 1.52. The Bertz CT molecular complexity index is 282. The molecule has 0 atom stereocenters. The summed E-state index contributed by atoms with van der Waals surface area (Å²) in [5, 5.41) is 0. The number of rotatable bonds is 3. The molecule has 0 heterocycles. The average molecular weight is 191 g/mol. The lowest BCUT2D eigenvalue weighted by Crippen LogP contribution is -2.09. The van der Waals surface area contributed by atoms with Gasteiger partial charge < -0.3 is 0 Å². The molecule has 1 fully saturated rings. The van der Waals surface area contributed by atoms with E-state index in [2.05, 4.69) is 12.1 Å². The third-order valence-electron chi connectivity index (χ3n) is 3.16. The van der Waals surface area contributed by atoms with E-state index in [1.54, 1.807) is 0 Å². The molecule has 1 heteroatoms. The van der Waals surface area contributed by atoms with Crippen molar-refractivity contribution in [2.75, 3.05) is 6.67 Å². The van der Waals surface area contributed by atoms with E-state index >= 15 is 0 Å². The van der Waals surface area contributed by atoms with E-state index in [9.17, 15) is 4.39 Å². The van der Waals surface area contributed by atoms with E-state index in [1.165, 1.54) is 24.8 Å². The van der Waals surface area contributed by atoms with Crippen molar-refractivity contribution in [3.05, 3.63) is 41.3 Å². The Morgan fingerprint density at radius 3 is 2.79 bits per heavy atom. The summed E-state index contributed by atoms with van der Waals surface area (Å²) in [5.41, 5.74) is 2.46. The lowest BCUT2D eigenvalue weighted by molar-refractivity contribution is 0.419. The Morgan fingerprint density at radius 2 is 2.21 bits per heavy atom. The van der Waals surface area contributed by atoms with Crippen molar-refractivity contribution in [1.29, 1.82) is 0 Å². The van der Waals surface area contributed by atoms with Gasteiger partial charge in [-0.05, 0) is 29.9 Å². The van der Waals surface area contributed by atoms with Crippen LogP contribution in [0.5, 0.6) is 0 Å². The van der Waals surface area contributed by atoms with Crippen LogP contribution in [0.3, 0.4) is 0 Å². The van der Waals surface area contributed by atoms with Crippen molar-refractivity contribution in [3.8, 4) is 0 Å². The Kier molecular flexibility index (Phi) is 2.85. The molecule has 0 unspecified atom stereocenters. The van der Waals surface area contributed by atoms with Gasteiger partial charge in [-0.3, -0.25) is 4.39 Å². The van der Waals surface area contributed by atoms with E-state index < -0.39 is 0 Å². The molecule has 14 heavy (non-hydrogen) atoms. The zero-order valence-corrected chi connectivity index (χ0v) is 8.59. The Hall–Kier alpha value is -0.850. The van der Waals surface area contributed by atoms with E-state index in [-0.39, 0.29) is 6.67 Å². The first kappa shape index (κ1) is 9.70. The first-order chi connectivity index (χ1) is 6.81. The van der Waals surface area contributed by atoms with Gasteiger partial charge in [0.1, 0.15) is 0 Å². The Labute approximate surface area is 85.1 Å². The normalized spacial score (nSPS) is 17.1. The highest BCUT2D eigenvalue weighted by molar-refractivity contribution is 5.35. The maximum Gasteiger partial charge on any atom is 0.0997 e. The molecule has 1 radical (unpaired) electrons. The van der Waals surface area contributed by atoms with Crippen LogP contribution in [0.2, 0.25) is 0 Å². The molecule has 2 rings (SSSR count). The number of benzene rings is 1. The van der Waals surface area contributed by atoms with E-state index in [0.717, 1.165) is 17.4 Å². The fourth-order valence-electron chi connectivity index (χ4n) is 1.88. The van der Waals surface area contributed by atoms with Gasteiger partial charge in [0.15, 0.2) is 0 Å². The molecule has 1 aromatic carbocycles. The van der Waals surface area contributed by atoms with Crippen LogP contribution in [-0.4, -0.2) is 6.67 Å². The predicted octanol–water partition coefficient (Wildman–Crippen LogP) is 3.87. The van der Waals surface area contributed by atoms with Crippen LogP contribution >= 0.6 is 0 Å². The second-order valence-electron chi connectivity index (χ2n) is 4.17. The van der Waals surface area contributed by atoms with Crippen LogP contribution in [0.1, 0.15) is 43.2 Å². The highest BCUT2D eigenvalue weighted by Gasteiger charge is 2.19. The van der Waals surface area contributed by atoms with Crippen LogP contribution in [0.4, 0.5) is 4.39 Å². The van der Waals surface area contributed by atoms with Crippen molar-refractivity contribution < 1.29 is 4.39 Å². The molecule has 0 aliphatic heterocycles. The molecule has 1 aromatic rings. The monoisotopic (exact) mass is 191 g/mol. The van der Waals surface area contributed by atoms with Crippen molar-refractivity contribution in [2.45, 2.75) is 32.1 Å². The van der Waals surface area contributed by atoms with Gasteiger partial charge in [-0.2, -0.15) is 0 Å². The number of hydrogen-bond donors (Lipinski definition) is 0. The molecule has 1 aliphatic carbocycles. The molecule has 0 spiro atoms. The molecule has 0 nitrogen and oxygen atoms in total. The van der Waals surface area contributed by atoms with Crippen molar-refractivity contribution in [2.24, 2.45) is 0 Å². The van der Waals surface area contributed by atoms with E-state index in [1.807, 2.05) is 19.1 Å². The third-order valence-corrected chi connectivity index (χ3v) is 3.16. The van der Waals surface area contributed by atoms with Crippen molar-refractivity contribution in [1.82, 2.24) is 0 Å². The smallest absolute Gasteiger partial charge is 0.0997 e. The summed E-state index contributed by atoms with van der Waals surface area (Å²) in [6, 6.07) is 8.36. The van der Waals surface area contributed by atoms with Crippen LogP contribution in [0, 0.1) is 5.92 Å². The van der Waals surface area contributed by atoms with Crippen LogP contribution in [-0.2, 0) is 0 Å². The average Bonchev–Trinajstić information content (AvgIpc) is 2.14. The molecule has 0 aromatic heterocycles.